The lowest BCUT2D eigenvalue weighted by Gasteiger charge is -2.24. The first kappa shape index (κ1) is 38.4. The quantitative estimate of drug-likeness (QED) is 0.0634. The smallest absolute Gasteiger partial charge is 0.334 e. The van der Waals surface area contributed by atoms with Crippen LogP contribution in [0, 0.1) is 0 Å². The van der Waals surface area contributed by atoms with Crippen molar-refractivity contribution in [3.63, 3.8) is 0 Å². The maximum Gasteiger partial charge on any atom is 0.334 e. The second-order valence-corrected chi connectivity index (χ2v) is 14.2. The van der Waals surface area contributed by atoms with E-state index in [1.165, 1.54) is 38.5 Å². The molecule has 262 valence electrons. The van der Waals surface area contributed by atoms with Crippen molar-refractivity contribution in [1.29, 1.82) is 0 Å². The summed E-state index contributed by atoms with van der Waals surface area (Å²) in [4.78, 5) is 11.7. The number of aliphatic hydroxyl groups excluding tert-OH is 4. The second kappa shape index (κ2) is 21.8. The first-order valence-electron chi connectivity index (χ1n) is 18.7. The minimum absolute atomic E-state index is 0.162. The summed E-state index contributed by atoms with van der Waals surface area (Å²) in [7, 11) is 0. The standard InChI is InChI=1S/C37H66O8/c1-3-4-5-6-7-8-12-15-18-31(39)35-23-24-36(45-35)33(41)21-20-32(40)34-22-19-30(44-34)17-14-11-9-10-13-16-29(38)26-28-25-27(2)43-37(28)42/h25,27,29-36,38-41H,3-24,26H2,1-2H3/t27-,29+,30-,31-,32+,33-,34-,35+,36-/m1/s1. The van der Waals surface area contributed by atoms with Crippen LogP contribution in [0.25, 0.3) is 0 Å². The molecule has 3 rings (SSSR count). The number of hydrogen-bond acceptors (Lipinski definition) is 8. The van der Waals surface area contributed by atoms with Gasteiger partial charge in [0.05, 0.1) is 48.8 Å². The highest BCUT2D eigenvalue weighted by atomic mass is 16.5. The molecule has 2 saturated heterocycles. The molecule has 3 aliphatic heterocycles. The van der Waals surface area contributed by atoms with Gasteiger partial charge in [-0.1, -0.05) is 90.4 Å². The molecule has 0 aromatic heterocycles. The van der Waals surface area contributed by atoms with Crippen LogP contribution in [0.4, 0.5) is 0 Å². The molecule has 0 aromatic rings. The van der Waals surface area contributed by atoms with Crippen molar-refractivity contribution in [3.8, 4) is 0 Å². The molecular weight excluding hydrogens is 572 g/mol. The Hall–Kier alpha value is -1.03. The van der Waals surface area contributed by atoms with Crippen LogP contribution in [-0.2, 0) is 19.0 Å². The number of hydrogen-bond donors (Lipinski definition) is 4. The third-order valence-corrected chi connectivity index (χ3v) is 10.1. The summed E-state index contributed by atoms with van der Waals surface area (Å²) in [5, 5.41) is 42.4. The van der Waals surface area contributed by atoms with Gasteiger partial charge in [-0.15, -0.1) is 0 Å². The molecule has 9 atom stereocenters. The van der Waals surface area contributed by atoms with Crippen molar-refractivity contribution >= 4 is 5.97 Å². The molecular formula is C37H66O8. The minimum atomic E-state index is -0.627. The van der Waals surface area contributed by atoms with Crippen molar-refractivity contribution in [2.45, 2.75) is 216 Å². The van der Waals surface area contributed by atoms with Crippen LogP contribution in [-0.4, -0.2) is 81.3 Å². The van der Waals surface area contributed by atoms with Crippen LogP contribution >= 0.6 is 0 Å². The van der Waals surface area contributed by atoms with Gasteiger partial charge in [-0.05, 0) is 70.8 Å². The maximum atomic E-state index is 11.7. The molecule has 3 aliphatic rings. The van der Waals surface area contributed by atoms with Crippen LogP contribution in [0.15, 0.2) is 11.6 Å². The van der Waals surface area contributed by atoms with Crippen molar-refractivity contribution in [1.82, 2.24) is 0 Å². The van der Waals surface area contributed by atoms with E-state index in [0.29, 0.717) is 31.3 Å². The Kier molecular flexibility index (Phi) is 18.6. The molecule has 2 fully saturated rings. The van der Waals surface area contributed by atoms with E-state index in [1.807, 2.05) is 6.92 Å². The van der Waals surface area contributed by atoms with Crippen molar-refractivity contribution in [2.24, 2.45) is 0 Å². The zero-order valence-corrected chi connectivity index (χ0v) is 28.5. The fourth-order valence-corrected chi connectivity index (χ4v) is 7.29. The average molecular weight is 639 g/mol. The molecule has 0 saturated carbocycles. The summed E-state index contributed by atoms with van der Waals surface area (Å²) in [6.07, 6.45) is 21.6. The summed E-state index contributed by atoms with van der Waals surface area (Å²) < 4.78 is 17.3. The van der Waals surface area contributed by atoms with E-state index in [1.54, 1.807) is 6.08 Å². The second-order valence-electron chi connectivity index (χ2n) is 14.2. The molecule has 8 heteroatoms. The van der Waals surface area contributed by atoms with Crippen LogP contribution in [0.1, 0.15) is 162 Å². The Bertz CT molecular complexity index is 833. The fourth-order valence-electron chi connectivity index (χ4n) is 7.29. The summed E-state index contributed by atoms with van der Waals surface area (Å²) >= 11 is 0. The minimum Gasteiger partial charge on any atom is -0.455 e. The molecule has 0 bridgehead atoms. The van der Waals surface area contributed by atoms with Gasteiger partial charge in [0.25, 0.3) is 0 Å². The third kappa shape index (κ3) is 14.7. The Morgan fingerprint density at radius 2 is 1.18 bits per heavy atom. The van der Waals surface area contributed by atoms with E-state index >= 15 is 0 Å². The van der Waals surface area contributed by atoms with Gasteiger partial charge < -0.3 is 34.6 Å². The van der Waals surface area contributed by atoms with Gasteiger partial charge in [0.1, 0.15) is 6.10 Å². The molecule has 3 heterocycles. The van der Waals surface area contributed by atoms with Gasteiger partial charge in [0, 0.05) is 12.0 Å². The van der Waals surface area contributed by atoms with Gasteiger partial charge in [0.15, 0.2) is 0 Å². The van der Waals surface area contributed by atoms with Gasteiger partial charge in [0.2, 0.25) is 0 Å². The Morgan fingerprint density at radius 1 is 0.667 bits per heavy atom. The number of cyclic esters (lactones) is 1. The summed E-state index contributed by atoms with van der Waals surface area (Å²) in [6.45, 7) is 4.07. The lowest BCUT2D eigenvalue weighted by atomic mass is 9.98. The average Bonchev–Trinajstić information content (AvgIpc) is 3.77. The first-order valence-corrected chi connectivity index (χ1v) is 18.7. The van der Waals surface area contributed by atoms with Gasteiger partial charge in [-0.3, -0.25) is 0 Å². The summed E-state index contributed by atoms with van der Waals surface area (Å²) in [5.41, 5.74) is 0.600. The van der Waals surface area contributed by atoms with Crippen LogP contribution in [0.5, 0.6) is 0 Å². The molecule has 0 amide bonds. The first-order chi connectivity index (χ1) is 21.8. The SMILES string of the molecule is CCCCCCCCCC[C@@H](O)[C@@H]1CC[C@H]([C@H](O)CC[C@H](O)[C@H]2CC[C@@H](CCCCCCC[C@H](O)CC3=C[C@@H](C)OC3=O)O2)O1. The van der Waals surface area contributed by atoms with Gasteiger partial charge in [-0.2, -0.15) is 0 Å². The van der Waals surface area contributed by atoms with Gasteiger partial charge >= 0.3 is 5.97 Å². The zero-order chi connectivity index (χ0) is 32.4. The number of carbonyl (C=O) groups excluding carboxylic acids is 1. The number of esters is 1. The van der Waals surface area contributed by atoms with E-state index < -0.39 is 24.4 Å². The predicted molar refractivity (Wildman–Crippen MR) is 177 cm³/mol. The van der Waals surface area contributed by atoms with Crippen molar-refractivity contribution < 1.29 is 39.4 Å². The van der Waals surface area contributed by atoms with Crippen LogP contribution in [0.2, 0.25) is 0 Å². The summed E-state index contributed by atoms with van der Waals surface area (Å²) in [5.74, 6) is -0.295. The van der Waals surface area contributed by atoms with E-state index in [0.717, 1.165) is 83.5 Å². The lowest BCUT2D eigenvalue weighted by molar-refractivity contribution is -0.139. The molecule has 45 heavy (non-hydrogen) atoms. The Balaban J connectivity index is 1.16. The maximum absolute atomic E-state index is 11.7. The predicted octanol–water partition coefficient (Wildman–Crippen LogP) is 6.83. The monoisotopic (exact) mass is 638 g/mol. The molecule has 4 N–H and O–H groups in total. The highest BCUT2D eigenvalue weighted by Crippen LogP contribution is 2.31. The number of unbranched alkanes of at least 4 members (excludes halogenated alkanes) is 11. The normalized spacial score (nSPS) is 27.8. The van der Waals surface area contributed by atoms with Crippen molar-refractivity contribution in [3.05, 3.63) is 11.6 Å². The third-order valence-electron chi connectivity index (χ3n) is 10.1. The Labute approximate surface area is 273 Å². The lowest BCUT2D eigenvalue weighted by Crippen LogP contribution is -2.33. The van der Waals surface area contributed by atoms with Gasteiger partial charge in [-0.25, -0.2) is 4.79 Å². The topological polar surface area (TPSA) is 126 Å². The van der Waals surface area contributed by atoms with E-state index in [4.69, 9.17) is 14.2 Å². The number of rotatable bonds is 25. The molecule has 0 radical (unpaired) electrons. The largest absolute Gasteiger partial charge is 0.455 e. The van der Waals surface area contributed by atoms with E-state index in [-0.39, 0.29) is 36.5 Å². The highest BCUT2D eigenvalue weighted by molar-refractivity contribution is 5.90. The van der Waals surface area contributed by atoms with E-state index in [2.05, 4.69) is 6.92 Å². The zero-order valence-electron chi connectivity index (χ0n) is 28.5. The Morgan fingerprint density at radius 3 is 1.78 bits per heavy atom. The van der Waals surface area contributed by atoms with Crippen LogP contribution < -0.4 is 0 Å². The summed E-state index contributed by atoms with van der Waals surface area (Å²) in [6, 6.07) is 0. The number of aliphatic hydroxyl groups is 4. The number of ether oxygens (including phenoxy) is 3. The van der Waals surface area contributed by atoms with Crippen LogP contribution in [0.3, 0.4) is 0 Å². The molecule has 8 nitrogen and oxygen atoms in total. The van der Waals surface area contributed by atoms with Crippen molar-refractivity contribution in [2.75, 3.05) is 0 Å². The van der Waals surface area contributed by atoms with E-state index in [9.17, 15) is 25.2 Å². The molecule has 0 spiro atoms. The highest BCUT2D eigenvalue weighted by Gasteiger charge is 2.36. The number of carbonyl (C=O) groups is 1. The molecule has 0 aliphatic carbocycles. The molecule has 0 unspecified atom stereocenters. The fraction of sp³-hybridized carbons (Fsp3) is 0.919. The molecule has 0 aromatic carbocycles.